The van der Waals surface area contributed by atoms with Crippen molar-refractivity contribution in [3.8, 4) is 11.5 Å². The summed E-state index contributed by atoms with van der Waals surface area (Å²) in [5, 5.41) is 6.72. The van der Waals surface area contributed by atoms with Crippen LogP contribution in [0.2, 0.25) is 0 Å². The standard InChI is InChI=1S/C21H28N4O2/c1-22-21(23-10-11-25-12-14-26-15-13-25)24-17-18-6-5-9-20(16-18)27-19-7-3-2-4-8-19/h2-9,16H,10-15,17H2,1H3,(H2,22,23,24). The van der Waals surface area contributed by atoms with Crippen LogP contribution in [0.3, 0.4) is 0 Å². The Bertz CT molecular complexity index is 715. The fraction of sp³-hybridized carbons (Fsp3) is 0.381. The molecule has 0 aromatic heterocycles. The highest BCUT2D eigenvalue weighted by Crippen LogP contribution is 2.21. The summed E-state index contributed by atoms with van der Waals surface area (Å²) in [4.78, 5) is 6.69. The lowest BCUT2D eigenvalue weighted by Crippen LogP contribution is -2.44. The summed E-state index contributed by atoms with van der Waals surface area (Å²) in [5.74, 6) is 2.47. The smallest absolute Gasteiger partial charge is 0.191 e. The van der Waals surface area contributed by atoms with Gasteiger partial charge in [0.1, 0.15) is 11.5 Å². The Hall–Kier alpha value is -2.57. The number of para-hydroxylation sites is 1. The summed E-state index contributed by atoms with van der Waals surface area (Å²) in [6, 6.07) is 17.9. The van der Waals surface area contributed by atoms with E-state index in [0.717, 1.165) is 62.4 Å². The van der Waals surface area contributed by atoms with Crippen molar-refractivity contribution >= 4 is 5.96 Å². The molecule has 1 heterocycles. The molecule has 3 rings (SSSR count). The van der Waals surface area contributed by atoms with Crippen LogP contribution in [0.5, 0.6) is 11.5 Å². The monoisotopic (exact) mass is 368 g/mol. The molecule has 6 heteroatoms. The lowest BCUT2D eigenvalue weighted by atomic mass is 10.2. The molecule has 0 bridgehead atoms. The second-order valence-electron chi connectivity index (χ2n) is 6.37. The number of morpholine rings is 1. The van der Waals surface area contributed by atoms with Crippen LogP contribution in [0.4, 0.5) is 0 Å². The average molecular weight is 368 g/mol. The normalized spacial score (nSPS) is 15.4. The predicted octanol–water partition coefficient (Wildman–Crippen LogP) is 2.48. The molecule has 144 valence electrons. The molecule has 2 aromatic rings. The van der Waals surface area contributed by atoms with Crippen molar-refractivity contribution in [2.24, 2.45) is 4.99 Å². The highest BCUT2D eigenvalue weighted by molar-refractivity contribution is 5.79. The first kappa shape index (κ1) is 19.2. The van der Waals surface area contributed by atoms with Crippen molar-refractivity contribution in [2.45, 2.75) is 6.54 Å². The lowest BCUT2D eigenvalue weighted by molar-refractivity contribution is 0.0389. The fourth-order valence-corrected chi connectivity index (χ4v) is 2.91. The maximum Gasteiger partial charge on any atom is 0.191 e. The van der Waals surface area contributed by atoms with E-state index in [0.29, 0.717) is 6.54 Å². The van der Waals surface area contributed by atoms with Crippen molar-refractivity contribution < 1.29 is 9.47 Å². The van der Waals surface area contributed by atoms with E-state index in [-0.39, 0.29) is 0 Å². The molecule has 27 heavy (non-hydrogen) atoms. The van der Waals surface area contributed by atoms with Crippen molar-refractivity contribution in [3.05, 3.63) is 60.2 Å². The molecule has 0 saturated carbocycles. The number of aliphatic imine (C=N–C) groups is 1. The zero-order valence-corrected chi connectivity index (χ0v) is 15.9. The van der Waals surface area contributed by atoms with Crippen LogP contribution in [0, 0.1) is 0 Å². The largest absolute Gasteiger partial charge is 0.457 e. The molecule has 1 saturated heterocycles. The second-order valence-corrected chi connectivity index (χ2v) is 6.37. The van der Waals surface area contributed by atoms with Crippen LogP contribution in [0.25, 0.3) is 0 Å². The molecule has 6 nitrogen and oxygen atoms in total. The fourth-order valence-electron chi connectivity index (χ4n) is 2.91. The third kappa shape index (κ3) is 6.58. The first-order chi connectivity index (χ1) is 13.3. The summed E-state index contributed by atoms with van der Waals surface area (Å²) in [6.07, 6.45) is 0. The Labute approximate surface area is 161 Å². The first-order valence-electron chi connectivity index (χ1n) is 9.40. The average Bonchev–Trinajstić information content (AvgIpc) is 2.72. The summed E-state index contributed by atoms with van der Waals surface area (Å²) in [6.45, 7) is 6.19. The number of hydrogen-bond acceptors (Lipinski definition) is 4. The Kier molecular flexibility index (Phi) is 7.50. The van der Waals surface area contributed by atoms with Gasteiger partial charge in [-0.2, -0.15) is 0 Å². The number of nitrogens with one attached hydrogen (secondary N) is 2. The third-order valence-corrected chi connectivity index (χ3v) is 4.39. The summed E-state index contributed by atoms with van der Waals surface area (Å²) < 4.78 is 11.3. The Balaban J connectivity index is 1.44. The van der Waals surface area contributed by atoms with Crippen LogP contribution >= 0.6 is 0 Å². The zero-order chi connectivity index (χ0) is 18.7. The molecule has 2 aromatic carbocycles. The van der Waals surface area contributed by atoms with E-state index in [1.54, 1.807) is 7.05 Å². The molecule has 1 fully saturated rings. The van der Waals surface area contributed by atoms with E-state index in [4.69, 9.17) is 9.47 Å². The third-order valence-electron chi connectivity index (χ3n) is 4.39. The molecule has 1 aliphatic heterocycles. The van der Waals surface area contributed by atoms with Crippen LogP contribution in [-0.2, 0) is 11.3 Å². The van der Waals surface area contributed by atoms with Crippen LogP contribution < -0.4 is 15.4 Å². The van der Waals surface area contributed by atoms with Gasteiger partial charge in [-0.3, -0.25) is 9.89 Å². The molecule has 0 radical (unpaired) electrons. The molecule has 0 aliphatic carbocycles. The minimum Gasteiger partial charge on any atom is -0.457 e. The SMILES string of the molecule is CN=C(NCCN1CCOCC1)NCc1cccc(Oc2ccccc2)c1. The summed E-state index contributed by atoms with van der Waals surface area (Å²) in [5.41, 5.74) is 1.14. The van der Waals surface area contributed by atoms with Gasteiger partial charge in [-0.15, -0.1) is 0 Å². The van der Waals surface area contributed by atoms with Gasteiger partial charge in [-0.1, -0.05) is 30.3 Å². The molecule has 2 N–H and O–H groups in total. The van der Waals surface area contributed by atoms with Crippen molar-refractivity contribution in [1.29, 1.82) is 0 Å². The minimum absolute atomic E-state index is 0.684. The van der Waals surface area contributed by atoms with Gasteiger partial charge in [0.15, 0.2) is 5.96 Å². The highest BCUT2D eigenvalue weighted by Gasteiger charge is 2.09. The van der Waals surface area contributed by atoms with Crippen LogP contribution in [0.15, 0.2) is 59.6 Å². The predicted molar refractivity (Wildman–Crippen MR) is 108 cm³/mol. The quantitative estimate of drug-likeness (QED) is 0.581. The molecule has 0 unspecified atom stereocenters. The van der Waals surface area contributed by atoms with Crippen molar-refractivity contribution in [3.63, 3.8) is 0 Å². The second kappa shape index (κ2) is 10.5. The number of ether oxygens (including phenoxy) is 2. The van der Waals surface area contributed by atoms with Gasteiger partial charge in [-0.25, -0.2) is 0 Å². The zero-order valence-electron chi connectivity index (χ0n) is 15.9. The van der Waals surface area contributed by atoms with E-state index in [1.165, 1.54) is 0 Å². The highest BCUT2D eigenvalue weighted by atomic mass is 16.5. The number of rotatable bonds is 7. The maximum atomic E-state index is 5.89. The van der Waals surface area contributed by atoms with E-state index < -0.39 is 0 Å². The molecule has 1 aliphatic rings. The van der Waals surface area contributed by atoms with Gasteiger partial charge in [0.05, 0.1) is 13.2 Å². The lowest BCUT2D eigenvalue weighted by Gasteiger charge is -2.26. The van der Waals surface area contributed by atoms with Gasteiger partial charge in [0, 0.05) is 39.8 Å². The molecule has 0 atom stereocenters. The first-order valence-corrected chi connectivity index (χ1v) is 9.40. The van der Waals surface area contributed by atoms with Gasteiger partial charge in [-0.05, 0) is 29.8 Å². The maximum absolute atomic E-state index is 5.89. The molecular weight excluding hydrogens is 340 g/mol. The van der Waals surface area contributed by atoms with E-state index >= 15 is 0 Å². The summed E-state index contributed by atoms with van der Waals surface area (Å²) >= 11 is 0. The number of guanidine groups is 1. The molecule has 0 amide bonds. The summed E-state index contributed by atoms with van der Waals surface area (Å²) in [7, 11) is 1.79. The van der Waals surface area contributed by atoms with Crippen molar-refractivity contribution in [2.75, 3.05) is 46.4 Å². The minimum atomic E-state index is 0.684. The van der Waals surface area contributed by atoms with E-state index in [1.807, 2.05) is 48.5 Å². The van der Waals surface area contributed by atoms with E-state index in [2.05, 4.69) is 26.6 Å². The Morgan fingerprint density at radius 1 is 1.04 bits per heavy atom. The number of nitrogens with zero attached hydrogens (tertiary/aromatic N) is 2. The van der Waals surface area contributed by atoms with Gasteiger partial charge in [0.25, 0.3) is 0 Å². The Morgan fingerprint density at radius 3 is 2.59 bits per heavy atom. The number of benzene rings is 2. The van der Waals surface area contributed by atoms with Gasteiger partial charge < -0.3 is 20.1 Å². The molecular formula is C21H28N4O2. The molecule has 0 spiro atoms. The van der Waals surface area contributed by atoms with Crippen LogP contribution in [-0.4, -0.2) is 57.3 Å². The topological polar surface area (TPSA) is 58.1 Å². The van der Waals surface area contributed by atoms with Gasteiger partial charge in [0.2, 0.25) is 0 Å². The number of hydrogen-bond donors (Lipinski definition) is 2. The Morgan fingerprint density at radius 2 is 1.81 bits per heavy atom. The van der Waals surface area contributed by atoms with Crippen LogP contribution in [0.1, 0.15) is 5.56 Å². The van der Waals surface area contributed by atoms with Crippen molar-refractivity contribution in [1.82, 2.24) is 15.5 Å². The van der Waals surface area contributed by atoms with E-state index in [9.17, 15) is 0 Å². The van der Waals surface area contributed by atoms with Gasteiger partial charge >= 0.3 is 0 Å².